The Balaban J connectivity index is 2.18. The molecule has 2 rings (SSSR count). The van der Waals surface area contributed by atoms with Crippen molar-refractivity contribution in [2.75, 3.05) is 17.7 Å². The van der Waals surface area contributed by atoms with E-state index in [2.05, 4.69) is 15.3 Å². The highest BCUT2D eigenvalue weighted by Crippen LogP contribution is 2.25. The number of nitrogens with one attached hydrogen (secondary N) is 1. The summed E-state index contributed by atoms with van der Waals surface area (Å²) in [6.07, 6.45) is 6.06. The number of hydrogen-bond donors (Lipinski definition) is 3. The van der Waals surface area contributed by atoms with E-state index in [4.69, 9.17) is 10.5 Å². The van der Waals surface area contributed by atoms with E-state index in [1.807, 2.05) is 6.92 Å². The first-order valence-electron chi connectivity index (χ1n) is 7.93. The number of ether oxygens (including phenoxy) is 1. The first-order valence-corrected chi connectivity index (χ1v) is 7.93. The molecule has 4 N–H and O–H groups in total. The van der Waals surface area contributed by atoms with Crippen LogP contribution in [-0.2, 0) is 9.53 Å². The van der Waals surface area contributed by atoms with Crippen LogP contribution in [0.15, 0.2) is 6.08 Å². The van der Waals surface area contributed by atoms with E-state index < -0.39 is 5.97 Å². The van der Waals surface area contributed by atoms with E-state index in [9.17, 15) is 9.90 Å². The predicted molar refractivity (Wildman–Crippen MR) is 88.7 cm³/mol. The van der Waals surface area contributed by atoms with Gasteiger partial charge >= 0.3 is 5.97 Å². The van der Waals surface area contributed by atoms with Gasteiger partial charge in [0.05, 0.1) is 18.4 Å². The normalized spacial score (nSPS) is 21.3. The Labute approximate surface area is 136 Å². The third-order valence-electron chi connectivity index (χ3n) is 3.86. The minimum Gasteiger partial charge on any atom is -0.463 e. The summed E-state index contributed by atoms with van der Waals surface area (Å²) in [5.74, 6) is 0.390. The average Bonchev–Trinajstić information content (AvgIpc) is 2.49. The van der Waals surface area contributed by atoms with Gasteiger partial charge in [-0.1, -0.05) is 0 Å². The summed E-state index contributed by atoms with van der Waals surface area (Å²) in [5.41, 5.74) is 7.15. The van der Waals surface area contributed by atoms with Crippen LogP contribution < -0.4 is 11.1 Å². The van der Waals surface area contributed by atoms with Crippen molar-refractivity contribution in [1.82, 2.24) is 9.97 Å². The van der Waals surface area contributed by atoms with Gasteiger partial charge in [-0.3, -0.25) is 0 Å². The van der Waals surface area contributed by atoms with Crippen LogP contribution in [0.2, 0.25) is 0 Å². The highest BCUT2D eigenvalue weighted by Gasteiger charge is 2.21. The number of carbonyl (C=O) groups is 1. The molecule has 1 heterocycles. The van der Waals surface area contributed by atoms with Crippen LogP contribution in [0, 0.1) is 6.92 Å². The Morgan fingerprint density at radius 3 is 2.74 bits per heavy atom. The Morgan fingerprint density at radius 1 is 1.39 bits per heavy atom. The van der Waals surface area contributed by atoms with Crippen LogP contribution in [-0.4, -0.2) is 39.8 Å². The van der Waals surface area contributed by atoms with Gasteiger partial charge in [0, 0.05) is 17.7 Å². The third kappa shape index (κ3) is 4.92. The highest BCUT2D eigenvalue weighted by molar-refractivity contribution is 5.88. The van der Waals surface area contributed by atoms with Crippen LogP contribution in [0.4, 0.5) is 11.8 Å². The van der Waals surface area contributed by atoms with Gasteiger partial charge in [-0.15, -0.1) is 0 Å². The molecular formula is C16H24N4O3. The Hall–Kier alpha value is -2.15. The second-order valence-electron chi connectivity index (χ2n) is 5.66. The molecule has 1 aromatic rings. The lowest BCUT2D eigenvalue weighted by Gasteiger charge is -2.27. The molecule has 7 nitrogen and oxygen atoms in total. The van der Waals surface area contributed by atoms with Crippen molar-refractivity contribution in [3.63, 3.8) is 0 Å². The van der Waals surface area contributed by atoms with E-state index in [1.54, 1.807) is 13.0 Å². The van der Waals surface area contributed by atoms with Crippen LogP contribution in [0.5, 0.6) is 0 Å². The standard InChI is InChI=1S/C16H24N4O3/c1-3-23-14(22)9-8-13-10(2)18-16(17)20-15(13)19-11-4-6-12(21)7-5-11/h8-9,11-12,21H,3-7H2,1-2H3,(H3,17,18,19,20)/b9-8-/t11-,12-. The van der Waals surface area contributed by atoms with Crippen LogP contribution in [0.3, 0.4) is 0 Å². The summed E-state index contributed by atoms with van der Waals surface area (Å²) in [7, 11) is 0. The smallest absolute Gasteiger partial charge is 0.330 e. The number of aromatic nitrogens is 2. The highest BCUT2D eigenvalue weighted by atomic mass is 16.5. The molecule has 1 aromatic heterocycles. The van der Waals surface area contributed by atoms with Gasteiger partial charge in [-0.05, 0) is 45.6 Å². The molecule has 0 aliphatic heterocycles. The van der Waals surface area contributed by atoms with Crippen molar-refractivity contribution < 1.29 is 14.6 Å². The monoisotopic (exact) mass is 320 g/mol. The van der Waals surface area contributed by atoms with E-state index in [1.165, 1.54) is 6.08 Å². The van der Waals surface area contributed by atoms with Crippen molar-refractivity contribution in [3.05, 3.63) is 17.3 Å². The molecule has 0 unspecified atom stereocenters. The zero-order valence-corrected chi connectivity index (χ0v) is 13.6. The molecule has 1 saturated carbocycles. The minimum absolute atomic E-state index is 0.189. The zero-order valence-electron chi connectivity index (χ0n) is 13.6. The number of hydrogen-bond acceptors (Lipinski definition) is 7. The third-order valence-corrected chi connectivity index (χ3v) is 3.86. The largest absolute Gasteiger partial charge is 0.463 e. The van der Waals surface area contributed by atoms with Crippen molar-refractivity contribution in [1.29, 1.82) is 0 Å². The first-order chi connectivity index (χ1) is 11.0. The molecule has 0 amide bonds. The molecule has 0 bridgehead atoms. The second-order valence-corrected chi connectivity index (χ2v) is 5.66. The summed E-state index contributed by atoms with van der Waals surface area (Å²) in [4.78, 5) is 19.9. The number of nitrogens with two attached hydrogens (primary N) is 1. The fourth-order valence-corrected chi connectivity index (χ4v) is 2.67. The summed E-state index contributed by atoms with van der Waals surface area (Å²) in [6.45, 7) is 3.91. The van der Waals surface area contributed by atoms with Crippen molar-refractivity contribution in [2.24, 2.45) is 0 Å². The van der Waals surface area contributed by atoms with E-state index in [-0.39, 0.29) is 18.1 Å². The molecule has 0 atom stereocenters. The molecule has 1 aliphatic rings. The maximum atomic E-state index is 11.5. The number of esters is 1. The van der Waals surface area contributed by atoms with Gasteiger partial charge < -0.3 is 20.9 Å². The first kappa shape index (κ1) is 17.2. The van der Waals surface area contributed by atoms with Gasteiger partial charge in [0.1, 0.15) is 5.82 Å². The predicted octanol–water partition coefficient (Wildman–Crippen LogP) is 1.66. The summed E-state index contributed by atoms with van der Waals surface area (Å²) >= 11 is 0. The van der Waals surface area contributed by atoms with Gasteiger partial charge in [0.2, 0.25) is 5.95 Å². The second kappa shape index (κ2) is 7.92. The lowest BCUT2D eigenvalue weighted by molar-refractivity contribution is -0.137. The van der Waals surface area contributed by atoms with Crippen LogP contribution in [0.25, 0.3) is 6.08 Å². The molecule has 126 valence electrons. The maximum absolute atomic E-state index is 11.5. The van der Waals surface area contributed by atoms with E-state index in [0.29, 0.717) is 18.1 Å². The Morgan fingerprint density at radius 2 is 2.09 bits per heavy atom. The lowest BCUT2D eigenvalue weighted by atomic mass is 9.93. The lowest BCUT2D eigenvalue weighted by Crippen LogP contribution is -2.29. The van der Waals surface area contributed by atoms with Crippen molar-refractivity contribution in [2.45, 2.75) is 51.7 Å². The molecule has 1 aliphatic carbocycles. The van der Waals surface area contributed by atoms with Gasteiger partial charge in [0.25, 0.3) is 0 Å². The van der Waals surface area contributed by atoms with Crippen LogP contribution in [0.1, 0.15) is 43.9 Å². The Bertz CT molecular complexity index is 581. The quantitative estimate of drug-likeness (QED) is 0.559. The van der Waals surface area contributed by atoms with Gasteiger partial charge in [-0.2, -0.15) is 4.98 Å². The van der Waals surface area contributed by atoms with Crippen LogP contribution >= 0.6 is 0 Å². The number of nitrogens with zero attached hydrogens (tertiary/aromatic N) is 2. The molecule has 0 spiro atoms. The molecular weight excluding hydrogens is 296 g/mol. The van der Waals surface area contributed by atoms with E-state index in [0.717, 1.165) is 31.2 Å². The fourth-order valence-electron chi connectivity index (χ4n) is 2.67. The minimum atomic E-state index is -0.407. The van der Waals surface area contributed by atoms with Gasteiger partial charge in [-0.25, -0.2) is 9.78 Å². The molecule has 1 fully saturated rings. The van der Waals surface area contributed by atoms with Crippen molar-refractivity contribution >= 4 is 23.8 Å². The summed E-state index contributed by atoms with van der Waals surface area (Å²) in [6, 6.07) is 0.224. The number of carbonyl (C=O) groups excluding carboxylic acids is 1. The molecule has 23 heavy (non-hydrogen) atoms. The number of aryl methyl sites for hydroxylation is 1. The van der Waals surface area contributed by atoms with Crippen molar-refractivity contribution in [3.8, 4) is 0 Å². The fraction of sp³-hybridized carbons (Fsp3) is 0.562. The van der Waals surface area contributed by atoms with E-state index >= 15 is 0 Å². The SMILES string of the molecule is CCOC(=O)/C=C\c1c(C)nc(N)nc1N[C@H]1CC[C@H](O)CC1. The summed E-state index contributed by atoms with van der Waals surface area (Å²) in [5, 5.41) is 13.0. The number of aliphatic hydroxyl groups excluding tert-OH is 1. The molecule has 0 radical (unpaired) electrons. The number of rotatable bonds is 5. The molecule has 0 saturated heterocycles. The number of nitrogen functional groups attached to an aromatic ring is 1. The molecule has 0 aromatic carbocycles. The van der Waals surface area contributed by atoms with Gasteiger partial charge in [0.15, 0.2) is 0 Å². The maximum Gasteiger partial charge on any atom is 0.330 e. The average molecular weight is 320 g/mol. The zero-order chi connectivity index (χ0) is 16.8. The molecule has 7 heteroatoms. The Kier molecular flexibility index (Phi) is 5.92. The summed E-state index contributed by atoms with van der Waals surface area (Å²) < 4.78 is 4.89. The number of anilines is 2. The topological polar surface area (TPSA) is 110 Å². The number of aliphatic hydroxyl groups is 1.